The Hall–Kier alpha value is -1.88. The Morgan fingerprint density at radius 2 is 1.76 bits per heavy atom. The summed E-state index contributed by atoms with van der Waals surface area (Å²) < 4.78 is 2.25. The van der Waals surface area contributed by atoms with Crippen LogP contribution in [0.5, 0.6) is 0 Å². The molecule has 0 radical (unpaired) electrons. The molecule has 0 spiro atoms. The molecule has 0 fully saturated rings. The minimum Gasteiger partial charge on any atom is -0.389 e. The lowest BCUT2D eigenvalue weighted by atomic mass is 10.0. The van der Waals surface area contributed by atoms with Crippen molar-refractivity contribution in [3.05, 3.63) is 48.0 Å². The predicted molar refractivity (Wildman–Crippen MR) is 85.1 cm³/mol. The molecule has 110 valence electrons. The molecule has 1 aromatic heterocycles. The van der Waals surface area contributed by atoms with Crippen LogP contribution in [0.4, 0.5) is 0 Å². The highest BCUT2D eigenvalue weighted by molar-refractivity contribution is 6.08. The zero-order chi connectivity index (χ0) is 15.0. The molecule has 2 aromatic carbocycles. The number of aryl methyl sites for hydroxylation is 1. The number of rotatable bonds is 4. The second-order valence-electron chi connectivity index (χ2n) is 5.29. The van der Waals surface area contributed by atoms with E-state index in [-0.39, 0.29) is 6.54 Å². The summed E-state index contributed by atoms with van der Waals surface area (Å²) in [6.07, 6.45) is -1.90. The van der Waals surface area contributed by atoms with Crippen molar-refractivity contribution in [2.24, 2.45) is 5.73 Å². The van der Waals surface area contributed by atoms with Crippen molar-refractivity contribution in [2.45, 2.75) is 25.7 Å². The number of aromatic nitrogens is 1. The smallest absolute Gasteiger partial charge is 0.106 e. The van der Waals surface area contributed by atoms with Crippen molar-refractivity contribution in [3.8, 4) is 0 Å². The lowest BCUT2D eigenvalue weighted by Crippen LogP contribution is -2.27. The highest BCUT2D eigenvalue weighted by Crippen LogP contribution is 2.31. The van der Waals surface area contributed by atoms with E-state index in [1.54, 1.807) is 0 Å². The molecule has 2 unspecified atom stereocenters. The van der Waals surface area contributed by atoms with Crippen LogP contribution in [0, 0.1) is 0 Å². The molecule has 3 rings (SSSR count). The number of nitrogens with zero attached hydrogens (tertiary/aromatic N) is 1. The molecule has 1 heterocycles. The van der Waals surface area contributed by atoms with Crippen LogP contribution in [-0.2, 0) is 6.54 Å². The molecular formula is C17H20N2O2. The molecule has 0 saturated heterocycles. The number of hydrogen-bond acceptors (Lipinski definition) is 3. The third-order valence-electron chi connectivity index (χ3n) is 4.06. The van der Waals surface area contributed by atoms with Crippen LogP contribution in [-0.4, -0.2) is 27.4 Å². The number of fused-ring (bicyclic) bond motifs is 3. The molecule has 0 aliphatic heterocycles. The lowest BCUT2D eigenvalue weighted by Gasteiger charge is -2.16. The standard InChI is InChI=1S/C17H20N2O2/c1-2-19-14-6-4-3-5-12(14)13-9-11(7-8-15(13)19)17(21)16(20)10-18/h3-9,16-17,20-21H,2,10,18H2,1H3. The van der Waals surface area contributed by atoms with Gasteiger partial charge < -0.3 is 20.5 Å². The highest BCUT2D eigenvalue weighted by atomic mass is 16.3. The van der Waals surface area contributed by atoms with E-state index in [1.807, 2.05) is 30.3 Å². The van der Waals surface area contributed by atoms with Crippen molar-refractivity contribution < 1.29 is 10.2 Å². The molecule has 0 saturated carbocycles. The second-order valence-corrected chi connectivity index (χ2v) is 5.29. The zero-order valence-corrected chi connectivity index (χ0v) is 12.0. The molecule has 3 aromatic rings. The summed E-state index contributed by atoms with van der Waals surface area (Å²) in [5, 5.41) is 22.1. The Bertz CT molecular complexity index is 779. The summed E-state index contributed by atoms with van der Waals surface area (Å²) in [7, 11) is 0. The third-order valence-corrected chi connectivity index (χ3v) is 4.06. The van der Waals surface area contributed by atoms with Gasteiger partial charge in [-0.15, -0.1) is 0 Å². The van der Waals surface area contributed by atoms with Crippen molar-refractivity contribution in [1.82, 2.24) is 4.57 Å². The summed E-state index contributed by atoms with van der Waals surface area (Å²) in [5.41, 5.74) is 8.44. The summed E-state index contributed by atoms with van der Waals surface area (Å²) in [6, 6.07) is 14.0. The summed E-state index contributed by atoms with van der Waals surface area (Å²) in [5.74, 6) is 0. The van der Waals surface area contributed by atoms with Gasteiger partial charge >= 0.3 is 0 Å². The maximum absolute atomic E-state index is 10.1. The molecular weight excluding hydrogens is 264 g/mol. The average molecular weight is 284 g/mol. The van der Waals surface area contributed by atoms with E-state index in [1.165, 1.54) is 5.52 Å². The fourth-order valence-electron chi connectivity index (χ4n) is 2.95. The van der Waals surface area contributed by atoms with Gasteiger partial charge in [0.2, 0.25) is 0 Å². The van der Waals surface area contributed by atoms with Gasteiger partial charge in [0.1, 0.15) is 6.10 Å². The SMILES string of the molecule is CCn1c2ccccc2c2cc(C(O)C(O)CN)ccc21. The van der Waals surface area contributed by atoms with E-state index in [9.17, 15) is 10.2 Å². The van der Waals surface area contributed by atoms with E-state index >= 15 is 0 Å². The van der Waals surface area contributed by atoms with E-state index in [4.69, 9.17) is 5.73 Å². The topological polar surface area (TPSA) is 71.4 Å². The van der Waals surface area contributed by atoms with Crippen molar-refractivity contribution in [2.75, 3.05) is 6.54 Å². The Morgan fingerprint density at radius 1 is 1.05 bits per heavy atom. The minimum absolute atomic E-state index is 0.0376. The van der Waals surface area contributed by atoms with Crippen LogP contribution in [0.15, 0.2) is 42.5 Å². The van der Waals surface area contributed by atoms with Gasteiger partial charge in [0.25, 0.3) is 0 Å². The summed E-state index contributed by atoms with van der Waals surface area (Å²) >= 11 is 0. The van der Waals surface area contributed by atoms with Crippen LogP contribution in [0.25, 0.3) is 21.8 Å². The van der Waals surface area contributed by atoms with Crippen molar-refractivity contribution >= 4 is 21.8 Å². The van der Waals surface area contributed by atoms with E-state index in [0.717, 1.165) is 22.8 Å². The third kappa shape index (κ3) is 2.21. The summed E-state index contributed by atoms with van der Waals surface area (Å²) in [6.45, 7) is 3.04. The maximum atomic E-state index is 10.1. The fourth-order valence-corrected chi connectivity index (χ4v) is 2.95. The normalized spacial score (nSPS) is 14.7. The first-order valence-electron chi connectivity index (χ1n) is 7.24. The van der Waals surface area contributed by atoms with Gasteiger partial charge in [-0.2, -0.15) is 0 Å². The van der Waals surface area contributed by atoms with Crippen molar-refractivity contribution in [1.29, 1.82) is 0 Å². The Balaban J connectivity index is 2.24. The molecule has 4 nitrogen and oxygen atoms in total. The lowest BCUT2D eigenvalue weighted by molar-refractivity contribution is 0.0244. The largest absolute Gasteiger partial charge is 0.389 e. The molecule has 0 bridgehead atoms. The van der Waals surface area contributed by atoms with E-state index in [0.29, 0.717) is 5.56 Å². The first-order valence-corrected chi connectivity index (χ1v) is 7.24. The molecule has 4 N–H and O–H groups in total. The van der Waals surface area contributed by atoms with Gasteiger partial charge in [-0.3, -0.25) is 0 Å². The van der Waals surface area contributed by atoms with Gasteiger partial charge in [0, 0.05) is 34.9 Å². The van der Waals surface area contributed by atoms with Gasteiger partial charge in [-0.25, -0.2) is 0 Å². The quantitative estimate of drug-likeness (QED) is 0.687. The van der Waals surface area contributed by atoms with Gasteiger partial charge in [-0.1, -0.05) is 24.3 Å². The Labute approximate surface area is 123 Å². The molecule has 0 aliphatic rings. The maximum Gasteiger partial charge on any atom is 0.106 e. The van der Waals surface area contributed by atoms with Crippen LogP contribution < -0.4 is 5.73 Å². The fraction of sp³-hybridized carbons (Fsp3) is 0.294. The number of para-hydroxylation sites is 1. The van der Waals surface area contributed by atoms with Crippen LogP contribution in [0.2, 0.25) is 0 Å². The Morgan fingerprint density at radius 3 is 2.48 bits per heavy atom. The number of aliphatic hydroxyl groups excluding tert-OH is 2. The van der Waals surface area contributed by atoms with Gasteiger partial charge in [0.15, 0.2) is 0 Å². The van der Waals surface area contributed by atoms with Gasteiger partial charge in [0.05, 0.1) is 6.10 Å². The number of nitrogens with two attached hydrogens (primary N) is 1. The predicted octanol–water partition coefficient (Wildman–Crippen LogP) is 2.17. The molecule has 0 aliphatic carbocycles. The van der Waals surface area contributed by atoms with E-state index < -0.39 is 12.2 Å². The number of benzene rings is 2. The number of hydrogen-bond donors (Lipinski definition) is 3. The number of aliphatic hydroxyl groups is 2. The monoisotopic (exact) mass is 284 g/mol. The second kappa shape index (κ2) is 5.48. The zero-order valence-electron chi connectivity index (χ0n) is 12.0. The van der Waals surface area contributed by atoms with Gasteiger partial charge in [-0.05, 0) is 30.7 Å². The Kier molecular flexibility index (Phi) is 3.68. The highest BCUT2D eigenvalue weighted by Gasteiger charge is 2.18. The first kappa shape index (κ1) is 14.1. The summed E-state index contributed by atoms with van der Waals surface area (Å²) in [4.78, 5) is 0. The molecule has 0 amide bonds. The molecule has 21 heavy (non-hydrogen) atoms. The first-order chi connectivity index (χ1) is 10.2. The molecule has 4 heteroatoms. The minimum atomic E-state index is -0.955. The van der Waals surface area contributed by atoms with Crippen LogP contribution >= 0.6 is 0 Å². The van der Waals surface area contributed by atoms with E-state index in [2.05, 4.69) is 23.6 Å². The average Bonchev–Trinajstić information content (AvgIpc) is 2.86. The molecule has 2 atom stereocenters. The van der Waals surface area contributed by atoms with Crippen LogP contribution in [0.1, 0.15) is 18.6 Å². The van der Waals surface area contributed by atoms with Crippen LogP contribution in [0.3, 0.4) is 0 Å². The van der Waals surface area contributed by atoms with Crippen molar-refractivity contribution in [3.63, 3.8) is 0 Å².